The van der Waals surface area contributed by atoms with E-state index in [1.165, 1.54) is 24.3 Å². The van der Waals surface area contributed by atoms with Gasteiger partial charge in [0, 0.05) is 11.6 Å². The second-order valence-corrected chi connectivity index (χ2v) is 10.2. The van der Waals surface area contributed by atoms with E-state index in [2.05, 4.69) is 12.0 Å². The number of nitrogens with zero attached hydrogens (tertiary/aromatic N) is 1. The Bertz CT molecular complexity index is 1190. The van der Waals surface area contributed by atoms with Crippen LogP contribution in [0.15, 0.2) is 88.7 Å². The minimum Gasteiger partial charge on any atom is -0.199 e. The zero-order valence-corrected chi connectivity index (χ0v) is 17.5. The Morgan fingerprint density at radius 3 is 1.45 bits per heavy atom. The van der Waals surface area contributed by atoms with E-state index >= 15 is 0 Å². The second-order valence-electron chi connectivity index (χ2n) is 6.44. The van der Waals surface area contributed by atoms with Crippen LogP contribution in [0.3, 0.4) is 0 Å². The first-order valence-corrected chi connectivity index (χ1v) is 11.6. The number of rotatable bonds is 4. The molecule has 7 heteroatoms. The highest BCUT2D eigenvalue weighted by molar-refractivity contribution is 8.04. The average molecular weight is 426 g/mol. The molecule has 0 aliphatic heterocycles. The molecule has 0 aliphatic rings. The molecule has 0 atom stereocenters. The van der Waals surface area contributed by atoms with Crippen LogP contribution >= 0.6 is 0 Å². The van der Waals surface area contributed by atoms with Crippen LogP contribution in [0.4, 0.5) is 0 Å². The third kappa shape index (κ3) is 4.50. The van der Waals surface area contributed by atoms with E-state index in [-0.39, 0.29) is 13.5 Å². The molecule has 0 aromatic heterocycles. The number of benzene rings is 3. The zero-order chi connectivity index (χ0) is 21.1. The van der Waals surface area contributed by atoms with Gasteiger partial charge in [-0.2, -0.15) is 16.8 Å². The molecule has 0 spiro atoms. The summed E-state index contributed by atoms with van der Waals surface area (Å²) >= 11 is 0. The van der Waals surface area contributed by atoms with Gasteiger partial charge in [0.2, 0.25) is 0 Å². The quantitative estimate of drug-likeness (QED) is 0.472. The molecule has 0 bridgehead atoms. The van der Waals surface area contributed by atoms with E-state index in [0.29, 0.717) is 5.56 Å². The Morgan fingerprint density at radius 2 is 1.03 bits per heavy atom. The SMILES string of the molecule is Cc1ccc(S(=O)(=O)N(C#Cc2ccccc2)S(=O)(=O)c2ccc(C)cc2)cc1. The van der Waals surface area contributed by atoms with Gasteiger partial charge in [0.1, 0.15) is 0 Å². The maximum atomic E-state index is 13.2. The van der Waals surface area contributed by atoms with Crippen LogP contribution in [0.2, 0.25) is 0 Å². The van der Waals surface area contributed by atoms with E-state index in [9.17, 15) is 16.8 Å². The third-order valence-electron chi connectivity index (χ3n) is 4.14. The van der Waals surface area contributed by atoms with Gasteiger partial charge in [-0.25, -0.2) is 0 Å². The lowest BCUT2D eigenvalue weighted by Crippen LogP contribution is -2.33. The molecule has 0 radical (unpaired) electrons. The number of hydrogen-bond donors (Lipinski definition) is 0. The molecule has 0 saturated heterocycles. The molecule has 0 unspecified atom stereocenters. The van der Waals surface area contributed by atoms with E-state index in [0.717, 1.165) is 11.1 Å². The molecule has 5 nitrogen and oxygen atoms in total. The minimum absolute atomic E-state index is 0.152. The topological polar surface area (TPSA) is 71.5 Å². The third-order valence-corrected chi connectivity index (χ3v) is 8.11. The van der Waals surface area contributed by atoms with Crippen molar-refractivity contribution in [2.45, 2.75) is 23.6 Å². The molecule has 0 heterocycles. The van der Waals surface area contributed by atoms with Crippen molar-refractivity contribution < 1.29 is 16.8 Å². The van der Waals surface area contributed by atoms with Crippen molar-refractivity contribution in [2.75, 3.05) is 0 Å². The van der Waals surface area contributed by atoms with Crippen LogP contribution in [0.1, 0.15) is 16.7 Å². The molecule has 29 heavy (non-hydrogen) atoms. The lowest BCUT2D eigenvalue weighted by atomic mass is 10.2. The summed E-state index contributed by atoms with van der Waals surface area (Å²) in [5.41, 5.74) is 2.20. The summed E-state index contributed by atoms with van der Waals surface area (Å²) in [4.78, 5) is -0.303. The summed E-state index contributed by atoms with van der Waals surface area (Å²) in [5, 5.41) is 0. The van der Waals surface area contributed by atoms with Gasteiger partial charge in [-0.15, -0.1) is 3.71 Å². The van der Waals surface area contributed by atoms with Gasteiger partial charge in [0.05, 0.1) is 9.79 Å². The molecule has 3 rings (SSSR count). The summed E-state index contributed by atoms with van der Waals surface area (Å²) < 4.78 is 53.0. The summed E-state index contributed by atoms with van der Waals surface area (Å²) in [6.07, 6.45) is 0. The molecule has 3 aromatic carbocycles. The lowest BCUT2D eigenvalue weighted by Gasteiger charge is -2.18. The number of hydrogen-bond acceptors (Lipinski definition) is 4. The second kappa shape index (κ2) is 8.11. The van der Waals surface area contributed by atoms with Crippen molar-refractivity contribution >= 4 is 20.0 Å². The minimum atomic E-state index is -4.43. The molecular weight excluding hydrogens is 406 g/mol. The Morgan fingerprint density at radius 1 is 0.621 bits per heavy atom. The first-order valence-electron chi connectivity index (χ1n) is 8.72. The first kappa shape index (κ1) is 20.6. The van der Waals surface area contributed by atoms with E-state index < -0.39 is 20.0 Å². The fourth-order valence-electron chi connectivity index (χ4n) is 2.49. The highest BCUT2D eigenvalue weighted by atomic mass is 32.3. The predicted octanol–water partition coefficient (Wildman–Crippen LogP) is 3.69. The van der Waals surface area contributed by atoms with E-state index in [1.54, 1.807) is 54.6 Å². The van der Waals surface area contributed by atoms with Gasteiger partial charge in [-0.3, -0.25) is 0 Å². The van der Waals surface area contributed by atoms with Gasteiger partial charge in [0.15, 0.2) is 0 Å². The average Bonchev–Trinajstić information content (AvgIpc) is 2.69. The van der Waals surface area contributed by atoms with Crippen LogP contribution in [0.5, 0.6) is 0 Å². The molecule has 0 amide bonds. The van der Waals surface area contributed by atoms with E-state index in [4.69, 9.17) is 0 Å². The van der Waals surface area contributed by atoms with Crippen LogP contribution < -0.4 is 0 Å². The van der Waals surface area contributed by atoms with Crippen molar-refractivity contribution in [3.63, 3.8) is 0 Å². The summed E-state index contributed by atoms with van der Waals surface area (Å²) in [5.74, 6) is 2.64. The number of sulfonamides is 2. The summed E-state index contributed by atoms with van der Waals surface area (Å²) in [7, 11) is -8.86. The first-order chi connectivity index (χ1) is 13.7. The molecule has 0 aliphatic carbocycles. The van der Waals surface area contributed by atoms with Crippen LogP contribution in [0.25, 0.3) is 0 Å². The van der Waals surface area contributed by atoms with Crippen molar-refractivity contribution in [3.05, 3.63) is 95.6 Å². The zero-order valence-electron chi connectivity index (χ0n) is 15.9. The summed E-state index contributed by atoms with van der Waals surface area (Å²) in [6.45, 7) is 3.62. The maximum Gasteiger partial charge on any atom is 0.284 e. The van der Waals surface area contributed by atoms with Gasteiger partial charge < -0.3 is 0 Å². The summed E-state index contributed by atoms with van der Waals surface area (Å²) in [6, 6.07) is 22.8. The molecule has 0 fully saturated rings. The molecule has 3 aromatic rings. The highest BCUT2D eigenvalue weighted by Gasteiger charge is 2.34. The Kier molecular flexibility index (Phi) is 5.78. The van der Waals surface area contributed by atoms with Gasteiger partial charge >= 0.3 is 0 Å². The van der Waals surface area contributed by atoms with Gasteiger partial charge in [0.25, 0.3) is 20.0 Å². The fraction of sp³-hybridized carbons (Fsp3) is 0.0909. The normalized spacial score (nSPS) is 11.4. The van der Waals surface area contributed by atoms with E-state index in [1.807, 2.05) is 13.8 Å². The monoisotopic (exact) mass is 425 g/mol. The van der Waals surface area contributed by atoms with Crippen molar-refractivity contribution in [2.24, 2.45) is 0 Å². The Balaban J connectivity index is 2.18. The fourth-order valence-corrected chi connectivity index (χ4v) is 5.72. The standard InChI is InChI=1S/C22H19NO4S2/c1-18-8-12-21(13-9-18)28(24,25)23(17-16-20-6-4-3-5-7-20)29(26,27)22-14-10-19(2)11-15-22/h3-15H,1-2H3. The lowest BCUT2D eigenvalue weighted by molar-refractivity contribution is 0.542. The largest absolute Gasteiger partial charge is 0.284 e. The van der Waals surface area contributed by atoms with Gasteiger partial charge in [-0.1, -0.05) is 53.6 Å². The Labute approximate surface area is 171 Å². The highest BCUT2D eigenvalue weighted by Crippen LogP contribution is 2.24. The van der Waals surface area contributed by atoms with Gasteiger partial charge in [-0.05, 0) is 56.2 Å². The Hall–Kier alpha value is -3.08. The van der Waals surface area contributed by atoms with Crippen molar-refractivity contribution in [3.8, 4) is 12.0 Å². The van der Waals surface area contributed by atoms with Crippen LogP contribution in [-0.2, 0) is 20.0 Å². The molecule has 0 saturated carbocycles. The molecular formula is C22H19NO4S2. The van der Waals surface area contributed by atoms with Crippen molar-refractivity contribution in [1.29, 1.82) is 0 Å². The predicted molar refractivity (Wildman–Crippen MR) is 112 cm³/mol. The smallest absolute Gasteiger partial charge is 0.199 e. The van der Waals surface area contributed by atoms with Crippen molar-refractivity contribution in [1.82, 2.24) is 3.71 Å². The molecule has 0 N–H and O–H groups in total. The maximum absolute atomic E-state index is 13.2. The van der Waals surface area contributed by atoms with Crippen LogP contribution in [-0.4, -0.2) is 20.5 Å². The number of aryl methyl sites for hydroxylation is 2. The molecule has 148 valence electrons. The van der Waals surface area contributed by atoms with Crippen LogP contribution in [0, 0.1) is 25.8 Å².